The molecule has 7 heteroatoms. The van der Waals surface area contributed by atoms with Crippen LogP contribution in [-0.2, 0) is 23.6 Å². The van der Waals surface area contributed by atoms with E-state index in [0.717, 1.165) is 12.1 Å². The van der Waals surface area contributed by atoms with Gasteiger partial charge in [-0.2, -0.15) is 5.10 Å². The summed E-state index contributed by atoms with van der Waals surface area (Å²) in [5, 5.41) is 7.41. The van der Waals surface area contributed by atoms with E-state index < -0.39 is 10.0 Å². The zero-order valence-corrected chi connectivity index (χ0v) is 12.6. The van der Waals surface area contributed by atoms with Crippen molar-refractivity contribution in [2.75, 3.05) is 4.72 Å². The van der Waals surface area contributed by atoms with Crippen molar-refractivity contribution < 1.29 is 8.42 Å². The Labute approximate surface area is 124 Å². The third-order valence-corrected chi connectivity index (χ3v) is 4.73. The third-order valence-electron chi connectivity index (χ3n) is 3.36. The summed E-state index contributed by atoms with van der Waals surface area (Å²) in [6.45, 7) is 0.776. The normalized spacial score (nSPS) is 15.1. The highest BCUT2D eigenvalue weighted by Gasteiger charge is 2.20. The lowest BCUT2D eigenvalue weighted by atomic mass is 10.2. The molecule has 0 unspecified atom stereocenters. The molecule has 1 aliphatic rings. The van der Waals surface area contributed by atoms with Gasteiger partial charge in [0, 0.05) is 31.9 Å². The minimum absolute atomic E-state index is 0.239. The molecule has 0 saturated heterocycles. The van der Waals surface area contributed by atoms with Crippen LogP contribution in [0.4, 0.5) is 5.82 Å². The molecule has 21 heavy (non-hydrogen) atoms. The summed E-state index contributed by atoms with van der Waals surface area (Å²) in [4.78, 5) is 0.239. The van der Waals surface area contributed by atoms with E-state index in [1.807, 2.05) is 12.1 Å². The molecule has 112 valence electrons. The molecular formula is C14H18N4O2S. The highest BCUT2D eigenvalue weighted by atomic mass is 32.2. The van der Waals surface area contributed by atoms with Gasteiger partial charge in [-0.05, 0) is 30.5 Å². The first-order valence-corrected chi connectivity index (χ1v) is 8.36. The molecule has 2 aromatic rings. The fourth-order valence-electron chi connectivity index (χ4n) is 2.00. The van der Waals surface area contributed by atoms with Crippen LogP contribution in [-0.4, -0.2) is 24.2 Å². The van der Waals surface area contributed by atoms with Crippen LogP contribution < -0.4 is 10.0 Å². The first-order valence-electron chi connectivity index (χ1n) is 6.88. The molecule has 3 rings (SSSR count). The summed E-state index contributed by atoms with van der Waals surface area (Å²) in [6.07, 6.45) is 4.16. The van der Waals surface area contributed by atoms with Crippen LogP contribution in [0.15, 0.2) is 41.4 Å². The quantitative estimate of drug-likeness (QED) is 0.847. The van der Waals surface area contributed by atoms with E-state index in [1.54, 1.807) is 36.1 Å². The Balaban J connectivity index is 1.69. The lowest BCUT2D eigenvalue weighted by Crippen LogP contribution is -2.16. The van der Waals surface area contributed by atoms with Gasteiger partial charge >= 0.3 is 0 Å². The van der Waals surface area contributed by atoms with Gasteiger partial charge < -0.3 is 5.32 Å². The Morgan fingerprint density at radius 1 is 1.24 bits per heavy atom. The van der Waals surface area contributed by atoms with Crippen LogP contribution in [0, 0.1) is 0 Å². The van der Waals surface area contributed by atoms with Gasteiger partial charge in [0.05, 0.1) is 4.90 Å². The molecule has 0 spiro atoms. The number of hydrogen-bond donors (Lipinski definition) is 2. The van der Waals surface area contributed by atoms with Crippen LogP contribution >= 0.6 is 0 Å². The molecule has 1 aromatic heterocycles. The first-order chi connectivity index (χ1) is 10.0. The molecule has 2 N–H and O–H groups in total. The van der Waals surface area contributed by atoms with E-state index in [0.29, 0.717) is 11.9 Å². The number of hydrogen-bond acceptors (Lipinski definition) is 4. The van der Waals surface area contributed by atoms with E-state index in [2.05, 4.69) is 15.1 Å². The fraction of sp³-hybridized carbons (Fsp3) is 0.357. The Morgan fingerprint density at radius 3 is 2.52 bits per heavy atom. The third kappa shape index (κ3) is 3.62. The topological polar surface area (TPSA) is 76.0 Å². The van der Waals surface area contributed by atoms with Gasteiger partial charge in [0.25, 0.3) is 10.0 Å². The summed E-state index contributed by atoms with van der Waals surface area (Å²) >= 11 is 0. The Bertz CT molecular complexity index is 718. The molecule has 1 saturated carbocycles. The van der Waals surface area contributed by atoms with E-state index in [-0.39, 0.29) is 4.90 Å². The highest BCUT2D eigenvalue weighted by molar-refractivity contribution is 7.92. The van der Waals surface area contributed by atoms with E-state index in [1.165, 1.54) is 12.8 Å². The van der Waals surface area contributed by atoms with Gasteiger partial charge in [-0.25, -0.2) is 8.42 Å². The molecule has 1 fully saturated rings. The zero-order chi connectivity index (χ0) is 14.9. The highest BCUT2D eigenvalue weighted by Crippen LogP contribution is 2.20. The molecule has 0 bridgehead atoms. The largest absolute Gasteiger partial charge is 0.310 e. The summed E-state index contributed by atoms with van der Waals surface area (Å²) in [5.41, 5.74) is 1.08. The van der Waals surface area contributed by atoms with Crippen LogP contribution in [0.1, 0.15) is 18.4 Å². The molecule has 1 aliphatic carbocycles. The Morgan fingerprint density at radius 2 is 1.95 bits per heavy atom. The predicted molar refractivity (Wildman–Crippen MR) is 80.3 cm³/mol. The molecule has 0 amide bonds. The van der Waals surface area contributed by atoms with Gasteiger partial charge in [-0.15, -0.1) is 0 Å². The van der Waals surface area contributed by atoms with Crippen LogP contribution in [0.2, 0.25) is 0 Å². The summed E-state index contributed by atoms with van der Waals surface area (Å²) < 4.78 is 28.5. The van der Waals surface area contributed by atoms with Crippen molar-refractivity contribution in [3.8, 4) is 0 Å². The van der Waals surface area contributed by atoms with Crippen LogP contribution in [0.25, 0.3) is 0 Å². The SMILES string of the molecule is Cn1ccc(NS(=O)(=O)c2ccc(CNC3CC3)cc2)n1. The molecule has 1 heterocycles. The number of aromatic nitrogens is 2. The van der Waals surface area contributed by atoms with Gasteiger partial charge in [-0.3, -0.25) is 9.40 Å². The maximum Gasteiger partial charge on any atom is 0.263 e. The number of sulfonamides is 1. The summed E-state index contributed by atoms with van der Waals surface area (Å²) in [5.74, 6) is 0.317. The van der Waals surface area contributed by atoms with Gasteiger partial charge in [0.15, 0.2) is 5.82 Å². The second-order valence-electron chi connectivity index (χ2n) is 5.28. The van der Waals surface area contributed by atoms with Gasteiger partial charge in [0.2, 0.25) is 0 Å². The standard InChI is InChI=1S/C14H18N4O2S/c1-18-9-8-14(16-18)17-21(19,20)13-6-2-11(3-7-13)10-15-12-4-5-12/h2-3,6-9,12,15H,4-5,10H2,1H3,(H,16,17). The van der Waals surface area contributed by atoms with Crippen molar-refractivity contribution in [3.63, 3.8) is 0 Å². The summed E-state index contributed by atoms with van der Waals surface area (Å²) in [7, 11) is -1.85. The number of anilines is 1. The predicted octanol–water partition coefficient (Wildman–Crippen LogP) is 1.47. The maximum atomic E-state index is 12.2. The molecule has 0 radical (unpaired) electrons. The number of nitrogens with zero attached hydrogens (tertiary/aromatic N) is 2. The average Bonchev–Trinajstić information content (AvgIpc) is 3.20. The molecule has 0 atom stereocenters. The lowest BCUT2D eigenvalue weighted by Gasteiger charge is -2.07. The van der Waals surface area contributed by atoms with Crippen molar-refractivity contribution in [1.29, 1.82) is 0 Å². The number of aryl methyl sites for hydroxylation is 1. The Kier molecular flexibility index (Phi) is 3.69. The average molecular weight is 306 g/mol. The van der Waals surface area contributed by atoms with Crippen LogP contribution in [0.5, 0.6) is 0 Å². The Hall–Kier alpha value is -1.86. The molecular weight excluding hydrogens is 288 g/mol. The van der Waals surface area contributed by atoms with Crippen molar-refractivity contribution >= 4 is 15.8 Å². The monoisotopic (exact) mass is 306 g/mol. The second-order valence-corrected chi connectivity index (χ2v) is 6.96. The number of nitrogens with one attached hydrogen (secondary N) is 2. The number of benzene rings is 1. The first kappa shape index (κ1) is 14.1. The van der Waals surface area contributed by atoms with E-state index >= 15 is 0 Å². The van der Waals surface area contributed by atoms with Crippen molar-refractivity contribution in [1.82, 2.24) is 15.1 Å². The lowest BCUT2D eigenvalue weighted by molar-refractivity contribution is 0.600. The molecule has 0 aliphatic heterocycles. The zero-order valence-electron chi connectivity index (χ0n) is 11.8. The fourth-order valence-corrected chi connectivity index (χ4v) is 3.00. The van der Waals surface area contributed by atoms with Crippen molar-refractivity contribution in [3.05, 3.63) is 42.1 Å². The minimum atomic E-state index is -3.58. The van der Waals surface area contributed by atoms with Crippen molar-refractivity contribution in [2.24, 2.45) is 7.05 Å². The van der Waals surface area contributed by atoms with Gasteiger partial charge in [0.1, 0.15) is 0 Å². The minimum Gasteiger partial charge on any atom is -0.310 e. The van der Waals surface area contributed by atoms with E-state index in [4.69, 9.17) is 0 Å². The van der Waals surface area contributed by atoms with Crippen LogP contribution in [0.3, 0.4) is 0 Å². The van der Waals surface area contributed by atoms with E-state index in [9.17, 15) is 8.42 Å². The number of rotatable bonds is 6. The van der Waals surface area contributed by atoms with Gasteiger partial charge in [-0.1, -0.05) is 12.1 Å². The molecule has 6 nitrogen and oxygen atoms in total. The maximum absolute atomic E-state index is 12.2. The van der Waals surface area contributed by atoms with Crippen molar-refractivity contribution in [2.45, 2.75) is 30.3 Å². The second kappa shape index (κ2) is 5.50. The summed E-state index contributed by atoms with van der Waals surface area (Å²) in [6, 6.07) is 9.17. The smallest absolute Gasteiger partial charge is 0.263 e. The molecule has 1 aromatic carbocycles.